The van der Waals surface area contributed by atoms with Gasteiger partial charge in [-0.15, -0.1) is 0 Å². The van der Waals surface area contributed by atoms with Gasteiger partial charge in [-0.1, -0.05) is 13.0 Å². The first-order valence-corrected chi connectivity index (χ1v) is 8.79. The average molecular weight is 329 g/mol. The van der Waals surface area contributed by atoms with E-state index in [1.165, 1.54) is 25.9 Å². The van der Waals surface area contributed by atoms with E-state index in [2.05, 4.69) is 16.4 Å². The van der Waals surface area contributed by atoms with Crippen molar-refractivity contribution in [3.63, 3.8) is 0 Å². The molecule has 0 unspecified atom stereocenters. The van der Waals surface area contributed by atoms with Crippen LogP contribution in [0.2, 0.25) is 0 Å². The molecule has 3 rings (SSSR count). The van der Waals surface area contributed by atoms with Gasteiger partial charge in [0, 0.05) is 5.69 Å². The lowest BCUT2D eigenvalue weighted by Crippen LogP contribution is -2.03. The van der Waals surface area contributed by atoms with E-state index in [0.29, 0.717) is 5.82 Å². The summed E-state index contributed by atoms with van der Waals surface area (Å²) in [6, 6.07) is 9.12. The van der Waals surface area contributed by atoms with Crippen LogP contribution in [0.1, 0.15) is 42.1 Å². The summed E-state index contributed by atoms with van der Waals surface area (Å²) < 4.78 is 13.4. The van der Waals surface area contributed by atoms with Crippen LogP contribution in [0.15, 0.2) is 30.3 Å². The Bertz CT molecular complexity index is 623. The Morgan fingerprint density at radius 1 is 1.04 bits per heavy atom. The molecule has 1 aliphatic rings. The Morgan fingerprint density at radius 3 is 2.33 bits per heavy atom. The Kier molecular flexibility index (Phi) is 7.19. The number of pyridine rings is 1. The third-order valence-corrected chi connectivity index (χ3v) is 4.10. The number of nitrogens with two attached hydrogens (primary N) is 1. The summed E-state index contributed by atoms with van der Waals surface area (Å²) in [4.78, 5) is 4.30. The van der Waals surface area contributed by atoms with E-state index in [9.17, 15) is 4.39 Å². The first kappa shape index (κ1) is 18.4. The van der Waals surface area contributed by atoms with E-state index in [1.54, 1.807) is 12.1 Å². The van der Waals surface area contributed by atoms with Crippen LogP contribution in [-0.2, 0) is 19.3 Å². The molecule has 4 heteroatoms. The number of rotatable bonds is 4. The zero-order valence-corrected chi connectivity index (χ0v) is 14.7. The Balaban J connectivity index is 0.000000355. The monoisotopic (exact) mass is 329 g/mol. The second kappa shape index (κ2) is 9.38. The van der Waals surface area contributed by atoms with Gasteiger partial charge in [-0.05, 0) is 93.1 Å². The molecule has 3 N–H and O–H groups in total. The Hall–Kier alpha value is -1.94. The minimum absolute atomic E-state index is 0.161. The minimum Gasteiger partial charge on any atom is -0.384 e. The SMILES string of the molecule is C1CCNC1.CCc1cc(F)cc(CCc2cc(C)cc(N)n2)c1. The molecule has 24 heavy (non-hydrogen) atoms. The first-order valence-electron chi connectivity index (χ1n) is 8.79. The van der Waals surface area contributed by atoms with Crippen molar-refractivity contribution in [2.45, 2.75) is 46.0 Å². The smallest absolute Gasteiger partial charge is 0.123 e. The molecule has 1 fully saturated rings. The minimum atomic E-state index is -0.161. The van der Waals surface area contributed by atoms with Crippen molar-refractivity contribution in [1.82, 2.24) is 10.3 Å². The van der Waals surface area contributed by atoms with Gasteiger partial charge in [0.1, 0.15) is 11.6 Å². The Morgan fingerprint density at radius 2 is 1.75 bits per heavy atom. The number of nitrogens with zero attached hydrogens (tertiary/aromatic N) is 1. The van der Waals surface area contributed by atoms with E-state index < -0.39 is 0 Å². The van der Waals surface area contributed by atoms with Crippen molar-refractivity contribution in [2.24, 2.45) is 0 Å². The molecule has 130 valence electrons. The van der Waals surface area contributed by atoms with Gasteiger partial charge in [-0.2, -0.15) is 0 Å². The molecule has 0 spiro atoms. The molecule has 1 aliphatic heterocycles. The highest BCUT2D eigenvalue weighted by molar-refractivity contribution is 5.34. The first-order chi connectivity index (χ1) is 11.6. The lowest BCUT2D eigenvalue weighted by atomic mass is 10.0. The fourth-order valence-corrected chi connectivity index (χ4v) is 2.86. The summed E-state index contributed by atoms with van der Waals surface area (Å²) in [6.45, 7) is 6.53. The van der Waals surface area contributed by atoms with Crippen LogP contribution >= 0.6 is 0 Å². The number of anilines is 1. The van der Waals surface area contributed by atoms with Gasteiger partial charge in [0.15, 0.2) is 0 Å². The van der Waals surface area contributed by atoms with E-state index in [-0.39, 0.29) is 5.82 Å². The average Bonchev–Trinajstić information content (AvgIpc) is 3.11. The normalized spacial score (nSPS) is 13.5. The maximum atomic E-state index is 13.4. The Labute approximate surface area is 144 Å². The van der Waals surface area contributed by atoms with Crippen molar-refractivity contribution >= 4 is 5.82 Å². The van der Waals surface area contributed by atoms with Crippen LogP contribution in [-0.4, -0.2) is 18.1 Å². The van der Waals surface area contributed by atoms with Gasteiger partial charge >= 0.3 is 0 Å². The van der Waals surface area contributed by atoms with Gasteiger partial charge in [-0.3, -0.25) is 0 Å². The molecule has 0 atom stereocenters. The summed E-state index contributed by atoms with van der Waals surface area (Å²) in [6.07, 6.45) is 5.18. The van der Waals surface area contributed by atoms with Crippen LogP contribution in [0, 0.1) is 12.7 Å². The number of benzene rings is 1. The second-order valence-electron chi connectivity index (χ2n) is 6.34. The van der Waals surface area contributed by atoms with Crippen molar-refractivity contribution in [3.8, 4) is 0 Å². The van der Waals surface area contributed by atoms with E-state index >= 15 is 0 Å². The standard InChI is InChI=1S/C16H19FN2.C4H9N/c1-3-12-8-13(10-14(17)9-12)4-5-15-6-11(2)7-16(18)19-15;1-2-4-5-3-1/h6-10H,3-5H2,1-2H3,(H2,18,19);5H,1-4H2. The number of hydrogen-bond acceptors (Lipinski definition) is 3. The summed E-state index contributed by atoms with van der Waals surface area (Å²) in [5.41, 5.74) is 9.84. The molecular formula is C20H28FN3. The highest BCUT2D eigenvalue weighted by Gasteiger charge is 2.03. The molecule has 2 heterocycles. The molecule has 1 aromatic carbocycles. The number of hydrogen-bond donors (Lipinski definition) is 2. The summed E-state index contributed by atoms with van der Waals surface area (Å²) in [7, 11) is 0. The van der Waals surface area contributed by atoms with Crippen molar-refractivity contribution < 1.29 is 4.39 Å². The van der Waals surface area contributed by atoms with Crippen LogP contribution in [0.25, 0.3) is 0 Å². The summed E-state index contributed by atoms with van der Waals surface area (Å²) in [5, 5.41) is 3.22. The maximum absolute atomic E-state index is 13.4. The van der Waals surface area contributed by atoms with Crippen LogP contribution in [0.5, 0.6) is 0 Å². The predicted molar refractivity (Wildman–Crippen MR) is 98.7 cm³/mol. The fraction of sp³-hybridized carbons (Fsp3) is 0.450. The van der Waals surface area contributed by atoms with Crippen molar-refractivity contribution in [2.75, 3.05) is 18.8 Å². The van der Waals surface area contributed by atoms with Crippen LogP contribution in [0.4, 0.5) is 10.2 Å². The van der Waals surface area contributed by atoms with E-state index in [4.69, 9.17) is 5.73 Å². The van der Waals surface area contributed by atoms with Crippen LogP contribution < -0.4 is 11.1 Å². The lowest BCUT2D eigenvalue weighted by Gasteiger charge is -2.06. The van der Waals surface area contributed by atoms with Crippen LogP contribution in [0.3, 0.4) is 0 Å². The maximum Gasteiger partial charge on any atom is 0.123 e. The molecule has 1 aromatic heterocycles. The molecule has 3 nitrogen and oxygen atoms in total. The second-order valence-corrected chi connectivity index (χ2v) is 6.34. The molecule has 0 aliphatic carbocycles. The molecule has 0 amide bonds. The van der Waals surface area contributed by atoms with Gasteiger partial charge in [0.25, 0.3) is 0 Å². The largest absolute Gasteiger partial charge is 0.384 e. The molecular weight excluding hydrogens is 301 g/mol. The predicted octanol–water partition coefficient (Wildman–Crippen LogP) is 3.83. The highest BCUT2D eigenvalue weighted by Crippen LogP contribution is 2.14. The van der Waals surface area contributed by atoms with E-state index in [1.807, 2.05) is 26.0 Å². The molecule has 0 saturated carbocycles. The summed E-state index contributed by atoms with van der Waals surface area (Å²) >= 11 is 0. The van der Waals surface area contributed by atoms with Crippen molar-refractivity contribution in [1.29, 1.82) is 0 Å². The molecule has 2 aromatic rings. The lowest BCUT2D eigenvalue weighted by molar-refractivity contribution is 0.622. The molecule has 1 saturated heterocycles. The third kappa shape index (κ3) is 6.28. The zero-order valence-electron chi connectivity index (χ0n) is 14.7. The van der Waals surface area contributed by atoms with Gasteiger partial charge < -0.3 is 11.1 Å². The highest BCUT2D eigenvalue weighted by atomic mass is 19.1. The number of aryl methyl sites for hydroxylation is 4. The van der Waals surface area contributed by atoms with Gasteiger partial charge in [0.2, 0.25) is 0 Å². The topological polar surface area (TPSA) is 50.9 Å². The quantitative estimate of drug-likeness (QED) is 0.896. The number of aromatic nitrogens is 1. The van der Waals surface area contributed by atoms with E-state index in [0.717, 1.165) is 41.6 Å². The number of nitrogens with one attached hydrogen (secondary N) is 1. The zero-order chi connectivity index (χ0) is 17.4. The number of nitrogen functional groups attached to an aromatic ring is 1. The number of halogens is 1. The molecule has 0 radical (unpaired) electrons. The summed E-state index contributed by atoms with van der Waals surface area (Å²) in [5.74, 6) is 0.384. The fourth-order valence-electron chi connectivity index (χ4n) is 2.86. The molecule has 0 bridgehead atoms. The van der Waals surface area contributed by atoms with Crippen molar-refractivity contribution in [3.05, 3.63) is 58.5 Å². The van der Waals surface area contributed by atoms with Gasteiger partial charge in [0.05, 0.1) is 0 Å². The van der Waals surface area contributed by atoms with Gasteiger partial charge in [-0.25, -0.2) is 9.37 Å². The third-order valence-electron chi connectivity index (χ3n) is 4.10.